The van der Waals surface area contributed by atoms with Gasteiger partial charge in [-0.1, -0.05) is 0 Å². The summed E-state index contributed by atoms with van der Waals surface area (Å²) in [6.07, 6.45) is 2.35. The molecular weight excluding hydrogens is 236 g/mol. The number of anilines is 1. The van der Waals surface area contributed by atoms with Crippen molar-refractivity contribution in [2.75, 3.05) is 32.1 Å². The molecule has 0 radical (unpaired) electrons. The highest BCUT2D eigenvalue weighted by Crippen LogP contribution is 2.27. The fourth-order valence-corrected chi connectivity index (χ4v) is 2.66. The Morgan fingerprint density at radius 3 is 2.37 bits per heavy atom. The second kappa shape index (κ2) is 5.87. The number of aryl methyl sites for hydroxylation is 1. The van der Waals surface area contributed by atoms with Gasteiger partial charge in [-0.05, 0) is 46.7 Å². The van der Waals surface area contributed by atoms with Gasteiger partial charge < -0.3 is 9.80 Å². The van der Waals surface area contributed by atoms with Crippen LogP contribution in [0, 0.1) is 6.92 Å². The molecule has 0 unspecified atom stereocenters. The third kappa shape index (κ3) is 3.44. The number of hydrogen-bond donors (Lipinski definition) is 0. The number of likely N-dealkylation sites (tertiary alicyclic amines) is 1. The standard InChI is InChI=1S/C15H26N4/c1-11(2)19-8-6-13(7-9-19)15-16-12(3)10-14(17-15)18(4)5/h10-11,13H,6-9H2,1-5H3. The molecule has 1 aromatic heterocycles. The molecule has 1 aliphatic rings. The minimum absolute atomic E-state index is 0.522. The molecule has 2 rings (SSSR count). The Morgan fingerprint density at radius 2 is 1.84 bits per heavy atom. The van der Waals surface area contributed by atoms with E-state index in [1.807, 2.05) is 20.2 Å². The smallest absolute Gasteiger partial charge is 0.134 e. The molecule has 4 heteroatoms. The van der Waals surface area contributed by atoms with E-state index in [9.17, 15) is 0 Å². The summed E-state index contributed by atoms with van der Waals surface area (Å²) in [6, 6.07) is 2.70. The van der Waals surface area contributed by atoms with E-state index in [-0.39, 0.29) is 0 Å². The first-order chi connectivity index (χ1) is 8.97. The minimum atomic E-state index is 0.522. The van der Waals surface area contributed by atoms with Crippen LogP contribution in [0.5, 0.6) is 0 Å². The van der Waals surface area contributed by atoms with E-state index in [4.69, 9.17) is 4.98 Å². The van der Waals surface area contributed by atoms with Gasteiger partial charge in [0.1, 0.15) is 11.6 Å². The van der Waals surface area contributed by atoms with Crippen molar-refractivity contribution in [2.24, 2.45) is 0 Å². The molecule has 19 heavy (non-hydrogen) atoms. The van der Waals surface area contributed by atoms with Gasteiger partial charge in [-0.2, -0.15) is 0 Å². The zero-order valence-electron chi connectivity index (χ0n) is 12.8. The lowest BCUT2D eigenvalue weighted by Crippen LogP contribution is -2.38. The second-order valence-electron chi connectivity index (χ2n) is 6.02. The van der Waals surface area contributed by atoms with Gasteiger partial charge >= 0.3 is 0 Å². The van der Waals surface area contributed by atoms with Crippen molar-refractivity contribution in [2.45, 2.75) is 45.6 Å². The van der Waals surface area contributed by atoms with Crippen molar-refractivity contribution < 1.29 is 0 Å². The molecule has 0 amide bonds. The van der Waals surface area contributed by atoms with Crippen LogP contribution in [0.25, 0.3) is 0 Å². The summed E-state index contributed by atoms with van der Waals surface area (Å²) in [4.78, 5) is 14.0. The van der Waals surface area contributed by atoms with Crippen LogP contribution in [0.3, 0.4) is 0 Å². The van der Waals surface area contributed by atoms with E-state index in [1.165, 1.54) is 12.8 Å². The van der Waals surface area contributed by atoms with Crippen molar-refractivity contribution >= 4 is 5.82 Å². The Morgan fingerprint density at radius 1 is 1.21 bits per heavy atom. The number of rotatable bonds is 3. The molecule has 0 bridgehead atoms. The first-order valence-electron chi connectivity index (χ1n) is 7.24. The number of piperidine rings is 1. The molecular formula is C15H26N4. The average Bonchev–Trinajstić information content (AvgIpc) is 2.38. The largest absolute Gasteiger partial charge is 0.363 e. The molecule has 0 N–H and O–H groups in total. The SMILES string of the molecule is Cc1cc(N(C)C)nc(C2CCN(C(C)C)CC2)n1. The Bertz CT molecular complexity index is 420. The molecule has 1 saturated heterocycles. The lowest BCUT2D eigenvalue weighted by molar-refractivity contribution is 0.169. The Labute approximate surface area is 116 Å². The van der Waals surface area contributed by atoms with E-state index in [0.717, 1.165) is 30.4 Å². The van der Waals surface area contributed by atoms with E-state index in [1.54, 1.807) is 0 Å². The van der Waals surface area contributed by atoms with Crippen LogP contribution < -0.4 is 4.90 Å². The highest BCUT2D eigenvalue weighted by Gasteiger charge is 2.24. The summed E-state index contributed by atoms with van der Waals surface area (Å²) < 4.78 is 0. The first-order valence-corrected chi connectivity index (χ1v) is 7.24. The van der Waals surface area contributed by atoms with Crippen molar-refractivity contribution in [1.29, 1.82) is 0 Å². The molecule has 1 aromatic rings. The predicted octanol–water partition coefficient (Wildman–Crippen LogP) is 2.44. The molecule has 1 aliphatic heterocycles. The third-order valence-corrected chi connectivity index (χ3v) is 3.94. The van der Waals surface area contributed by atoms with Gasteiger partial charge in [0.15, 0.2) is 0 Å². The topological polar surface area (TPSA) is 32.3 Å². The Kier molecular flexibility index (Phi) is 4.40. The molecule has 0 saturated carbocycles. The van der Waals surface area contributed by atoms with Crippen molar-refractivity contribution in [3.63, 3.8) is 0 Å². The fourth-order valence-electron chi connectivity index (χ4n) is 2.66. The molecule has 106 valence electrons. The molecule has 0 atom stereocenters. The Hall–Kier alpha value is -1.16. The van der Waals surface area contributed by atoms with Gasteiger partial charge in [-0.25, -0.2) is 9.97 Å². The van der Waals surface area contributed by atoms with Gasteiger partial charge in [0.25, 0.3) is 0 Å². The summed E-state index contributed by atoms with van der Waals surface area (Å²) in [6.45, 7) is 8.93. The van der Waals surface area contributed by atoms with E-state index < -0.39 is 0 Å². The van der Waals surface area contributed by atoms with Crippen LogP contribution in [0.4, 0.5) is 5.82 Å². The van der Waals surface area contributed by atoms with Crippen molar-refractivity contribution in [1.82, 2.24) is 14.9 Å². The minimum Gasteiger partial charge on any atom is -0.363 e. The van der Waals surface area contributed by atoms with Gasteiger partial charge in [0, 0.05) is 37.8 Å². The lowest BCUT2D eigenvalue weighted by atomic mass is 9.95. The quantitative estimate of drug-likeness (QED) is 0.837. The van der Waals surface area contributed by atoms with Crippen LogP contribution in [-0.2, 0) is 0 Å². The second-order valence-corrected chi connectivity index (χ2v) is 6.02. The Balaban J connectivity index is 2.11. The number of aromatic nitrogens is 2. The summed E-state index contributed by atoms with van der Waals surface area (Å²) in [5.74, 6) is 2.58. The highest BCUT2D eigenvalue weighted by atomic mass is 15.2. The van der Waals surface area contributed by atoms with Crippen LogP contribution in [0.1, 0.15) is 44.1 Å². The van der Waals surface area contributed by atoms with E-state index in [2.05, 4.69) is 35.6 Å². The zero-order valence-corrected chi connectivity index (χ0v) is 12.8. The summed E-state index contributed by atoms with van der Waals surface area (Å²) in [5.41, 5.74) is 1.07. The summed E-state index contributed by atoms with van der Waals surface area (Å²) >= 11 is 0. The molecule has 0 aliphatic carbocycles. The van der Waals surface area contributed by atoms with Crippen LogP contribution >= 0.6 is 0 Å². The summed E-state index contributed by atoms with van der Waals surface area (Å²) in [7, 11) is 4.07. The predicted molar refractivity (Wildman–Crippen MR) is 79.8 cm³/mol. The monoisotopic (exact) mass is 262 g/mol. The average molecular weight is 262 g/mol. The highest BCUT2D eigenvalue weighted by molar-refractivity contribution is 5.38. The molecule has 0 spiro atoms. The van der Waals surface area contributed by atoms with Crippen LogP contribution in [-0.4, -0.2) is 48.1 Å². The van der Waals surface area contributed by atoms with Crippen molar-refractivity contribution in [3.8, 4) is 0 Å². The zero-order chi connectivity index (χ0) is 14.0. The lowest BCUT2D eigenvalue weighted by Gasteiger charge is -2.34. The first kappa shape index (κ1) is 14.3. The van der Waals surface area contributed by atoms with Gasteiger partial charge in [0.05, 0.1) is 0 Å². The fraction of sp³-hybridized carbons (Fsp3) is 0.733. The van der Waals surface area contributed by atoms with Crippen LogP contribution in [0.2, 0.25) is 0 Å². The summed E-state index contributed by atoms with van der Waals surface area (Å²) in [5, 5.41) is 0. The molecule has 2 heterocycles. The van der Waals surface area contributed by atoms with E-state index in [0.29, 0.717) is 12.0 Å². The van der Waals surface area contributed by atoms with Crippen molar-refractivity contribution in [3.05, 3.63) is 17.6 Å². The van der Waals surface area contributed by atoms with Gasteiger partial charge in [-0.15, -0.1) is 0 Å². The molecule has 4 nitrogen and oxygen atoms in total. The molecule has 1 fully saturated rings. The van der Waals surface area contributed by atoms with Gasteiger partial charge in [-0.3, -0.25) is 0 Å². The maximum atomic E-state index is 4.72. The molecule has 0 aromatic carbocycles. The van der Waals surface area contributed by atoms with Gasteiger partial charge in [0.2, 0.25) is 0 Å². The van der Waals surface area contributed by atoms with Crippen LogP contribution in [0.15, 0.2) is 6.07 Å². The third-order valence-electron chi connectivity index (χ3n) is 3.94. The maximum absolute atomic E-state index is 4.72. The number of nitrogens with zero attached hydrogens (tertiary/aromatic N) is 4. The maximum Gasteiger partial charge on any atom is 0.134 e. The normalized spacial score (nSPS) is 18.0. The van der Waals surface area contributed by atoms with E-state index >= 15 is 0 Å². The number of hydrogen-bond acceptors (Lipinski definition) is 4.